The zero-order valence-corrected chi connectivity index (χ0v) is 15.3. The van der Waals surface area contributed by atoms with E-state index < -0.39 is 0 Å². The molecular formula is C21H29N3O. The zero-order chi connectivity index (χ0) is 17.5. The van der Waals surface area contributed by atoms with E-state index in [4.69, 9.17) is 4.74 Å². The van der Waals surface area contributed by atoms with E-state index >= 15 is 0 Å². The molecule has 0 saturated carbocycles. The van der Waals surface area contributed by atoms with Gasteiger partial charge in [-0.25, -0.2) is 4.98 Å². The largest absolute Gasteiger partial charge is 0.473 e. The van der Waals surface area contributed by atoms with Crippen LogP contribution in [0.15, 0.2) is 48.7 Å². The Kier molecular flexibility index (Phi) is 6.42. The van der Waals surface area contributed by atoms with E-state index in [9.17, 15) is 0 Å². The van der Waals surface area contributed by atoms with Gasteiger partial charge in [-0.1, -0.05) is 43.3 Å². The third-order valence-corrected chi connectivity index (χ3v) is 4.73. The monoisotopic (exact) mass is 339 g/mol. The number of pyridine rings is 1. The summed E-state index contributed by atoms with van der Waals surface area (Å²) in [6, 6.07) is 15.1. The van der Waals surface area contributed by atoms with E-state index in [2.05, 4.69) is 65.4 Å². The number of likely N-dealkylation sites (tertiary alicyclic amines) is 1. The molecule has 25 heavy (non-hydrogen) atoms. The Morgan fingerprint density at radius 1 is 1.24 bits per heavy atom. The fraction of sp³-hybridized carbons (Fsp3) is 0.476. The highest BCUT2D eigenvalue weighted by molar-refractivity contribution is 5.21. The summed E-state index contributed by atoms with van der Waals surface area (Å²) in [5, 5.41) is 3.48. The van der Waals surface area contributed by atoms with Crippen molar-refractivity contribution in [1.82, 2.24) is 15.2 Å². The maximum atomic E-state index is 6.09. The highest BCUT2D eigenvalue weighted by Gasteiger charge is 2.24. The Balaban J connectivity index is 1.48. The van der Waals surface area contributed by atoms with Gasteiger partial charge in [-0.05, 0) is 37.4 Å². The van der Waals surface area contributed by atoms with Crippen molar-refractivity contribution in [1.29, 1.82) is 0 Å². The highest BCUT2D eigenvalue weighted by Crippen LogP contribution is 2.20. The first-order valence-electron chi connectivity index (χ1n) is 9.37. The molecule has 4 heteroatoms. The average molecular weight is 339 g/mol. The predicted molar refractivity (Wildman–Crippen MR) is 102 cm³/mol. The number of aromatic nitrogens is 1. The topological polar surface area (TPSA) is 37.4 Å². The minimum absolute atomic E-state index is 0.234. The molecule has 0 bridgehead atoms. The summed E-state index contributed by atoms with van der Waals surface area (Å²) < 4.78 is 6.09. The third kappa shape index (κ3) is 5.28. The van der Waals surface area contributed by atoms with E-state index in [1.807, 2.05) is 12.3 Å². The minimum Gasteiger partial charge on any atom is -0.473 e. The molecule has 0 amide bonds. The molecule has 1 aromatic heterocycles. The van der Waals surface area contributed by atoms with Gasteiger partial charge in [-0.2, -0.15) is 0 Å². The van der Waals surface area contributed by atoms with Crippen LogP contribution < -0.4 is 10.1 Å². The standard InChI is InChI=1S/C21H29N3O/c1-3-12-22-17(2)19-9-10-21(23-14-19)25-20-11-13-24(16-20)15-18-7-5-4-6-8-18/h4-10,14,17,20,22H,3,11-13,15-16H2,1-2H3. The van der Waals surface area contributed by atoms with Gasteiger partial charge in [-0.3, -0.25) is 4.90 Å². The van der Waals surface area contributed by atoms with Gasteiger partial charge in [0.1, 0.15) is 6.10 Å². The normalized spacial score (nSPS) is 19.0. The van der Waals surface area contributed by atoms with E-state index in [0.29, 0.717) is 6.04 Å². The van der Waals surface area contributed by atoms with Crippen LogP contribution in [0.2, 0.25) is 0 Å². The maximum Gasteiger partial charge on any atom is 0.213 e. The summed E-state index contributed by atoms with van der Waals surface area (Å²) in [6.07, 6.45) is 4.36. The van der Waals surface area contributed by atoms with Gasteiger partial charge in [0, 0.05) is 37.9 Å². The molecular weight excluding hydrogens is 310 g/mol. The number of nitrogens with one attached hydrogen (secondary N) is 1. The average Bonchev–Trinajstić information content (AvgIpc) is 3.08. The van der Waals surface area contributed by atoms with E-state index in [-0.39, 0.29) is 6.10 Å². The van der Waals surface area contributed by atoms with Crippen LogP contribution in [0.3, 0.4) is 0 Å². The van der Waals surface area contributed by atoms with Crippen molar-refractivity contribution in [3.8, 4) is 5.88 Å². The summed E-state index contributed by atoms with van der Waals surface area (Å²) >= 11 is 0. The van der Waals surface area contributed by atoms with E-state index in [0.717, 1.165) is 44.9 Å². The number of nitrogens with zero attached hydrogens (tertiary/aromatic N) is 2. The van der Waals surface area contributed by atoms with Crippen LogP contribution in [0.4, 0.5) is 0 Å². The van der Waals surface area contributed by atoms with Crippen molar-refractivity contribution in [3.05, 3.63) is 59.8 Å². The molecule has 4 nitrogen and oxygen atoms in total. The summed E-state index contributed by atoms with van der Waals surface area (Å²) in [4.78, 5) is 6.95. The van der Waals surface area contributed by atoms with Crippen molar-refractivity contribution in [2.24, 2.45) is 0 Å². The molecule has 1 fully saturated rings. The Morgan fingerprint density at radius 2 is 2.08 bits per heavy atom. The number of hydrogen-bond donors (Lipinski definition) is 1. The molecule has 1 N–H and O–H groups in total. The number of benzene rings is 1. The van der Waals surface area contributed by atoms with Crippen LogP contribution >= 0.6 is 0 Å². The summed E-state index contributed by atoms with van der Waals surface area (Å²) in [7, 11) is 0. The fourth-order valence-electron chi connectivity index (χ4n) is 3.25. The summed E-state index contributed by atoms with van der Waals surface area (Å²) in [5.74, 6) is 0.734. The van der Waals surface area contributed by atoms with Crippen LogP contribution in [0.5, 0.6) is 5.88 Å². The lowest BCUT2D eigenvalue weighted by Crippen LogP contribution is -2.24. The van der Waals surface area contributed by atoms with Crippen molar-refractivity contribution in [2.45, 2.75) is 45.4 Å². The Hall–Kier alpha value is -1.91. The molecule has 1 saturated heterocycles. The van der Waals surface area contributed by atoms with Gasteiger partial charge in [-0.15, -0.1) is 0 Å². The van der Waals surface area contributed by atoms with Crippen LogP contribution in [0.1, 0.15) is 43.9 Å². The number of ether oxygens (including phenoxy) is 1. The number of hydrogen-bond acceptors (Lipinski definition) is 4. The molecule has 2 atom stereocenters. The Labute approximate surface area is 151 Å². The van der Waals surface area contributed by atoms with Crippen molar-refractivity contribution in [2.75, 3.05) is 19.6 Å². The predicted octanol–water partition coefficient (Wildman–Crippen LogP) is 3.80. The second kappa shape index (κ2) is 8.97. The molecule has 1 aliphatic heterocycles. The Bertz CT molecular complexity index is 629. The van der Waals surface area contributed by atoms with Gasteiger partial charge in [0.25, 0.3) is 0 Å². The van der Waals surface area contributed by atoms with E-state index in [1.165, 1.54) is 11.1 Å². The highest BCUT2D eigenvalue weighted by atomic mass is 16.5. The van der Waals surface area contributed by atoms with Crippen LogP contribution in [-0.2, 0) is 6.54 Å². The second-order valence-corrected chi connectivity index (χ2v) is 6.85. The van der Waals surface area contributed by atoms with Gasteiger partial charge in [0.05, 0.1) is 0 Å². The van der Waals surface area contributed by atoms with Crippen molar-refractivity contribution >= 4 is 0 Å². The number of rotatable bonds is 8. The third-order valence-electron chi connectivity index (χ3n) is 4.73. The molecule has 2 unspecified atom stereocenters. The maximum absolute atomic E-state index is 6.09. The molecule has 134 valence electrons. The molecule has 1 aromatic carbocycles. The lowest BCUT2D eigenvalue weighted by atomic mass is 10.1. The van der Waals surface area contributed by atoms with Crippen LogP contribution in [0.25, 0.3) is 0 Å². The first kappa shape index (κ1) is 17.9. The SMILES string of the molecule is CCCNC(C)c1ccc(OC2CCN(Cc3ccccc3)C2)nc1. The van der Waals surface area contributed by atoms with Crippen LogP contribution in [-0.4, -0.2) is 35.6 Å². The lowest BCUT2D eigenvalue weighted by Gasteiger charge is -2.17. The molecule has 2 aromatic rings. The van der Waals surface area contributed by atoms with E-state index in [1.54, 1.807) is 0 Å². The van der Waals surface area contributed by atoms with Gasteiger partial charge in [0.2, 0.25) is 5.88 Å². The molecule has 3 rings (SSSR count). The zero-order valence-electron chi connectivity index (χ0n) is 15.3. The smallest absolute Gasteiger partial charge is 0.213 e. The molecule has 0 spiro atoms. The second-order valence-electron chi connectivity index (χ2n) is 6.85. The molecule has 1 aliphatic rings. The van der Waals surface area contributed by atoms with Crippen molar-refractivity contribution in [3.63, 3.8) is 0 Å². The summed E-state index contributed by atoms with van der Waals surface area (Å²) in [6.45, 7) is 8.41. The van der Waals surface area contributed by atoms with Gasteiger partial charge < -0.3 is 10.1 Å². The molecule has 0 radical (unpaired) electrons. The first-order chi connectivity index (χ1) is 12.2. The summed E-state index contributed by atoms with van der Waals surface area (Å²) in [5.41, 5.74) is 2.57. The van der Waals surface area contributed by atoms with Crippen LogP contribution in [0, 0.1) is 0 Å². The first-order valence-corrected chi connectivity index (χ1v) is 9.37. The lowest BCUT2D eigenvalue weighted by molar-refractivity contribution is 0.191. The fourth-order valence-corrected chi connectivity index (χ4v) is 3.25. The van der Waals surface area contributed by atoms with Crippen molar-refractivity contribution < 1.29 is 4.74 Å². The van der Waals surface area contributed by atoms with Gasteiger partial charge in [0.15, 0.2) is 0 Å². The quantitative estimate of drug-likeness (QED) is 0.794. The molecule has 0 aliphatic carbocycles. The minimum atomic E-state index is 0.234. The van der Waals surface area contributed by atoms with Gasteiger partial charge >= 0.3 is 0 Å². The Morgan fingerprint density at radius 3 is 2.80 bits per heavy atom. The molecule has 2 heterocycles.